The molecule has 0 unspecified atom stereocenters. The van der Waals surface area contributed by atoms with Crippen LogP contribution in [0.2, 0.25) is 0 Å². The monoisotopic (exact) mass is 295 g/mol. The minimum atomic E-state index is 0.588. The van der Waals surface area contributed by atoms with Gasteiger partial charge < -0.3 is 4.74 Å². The summed E-state index contributed by atoms with van der Waals surface area (Å²) in [4.78, 5) is 17.0. The Bertz CT molecular complexity index is 787. The van der Waals surface area contributed by atoms with Crippen LogP contribution in [0.25, 0.3) is 10.9 Å². The maximum absolute atomic E-state index is 11.3. The summed E-state index contributed by atoms with van der Waals surface area (Å²) in [6, 6.07) is 17.4. The SMILES string of the molecule is COc1ccc2nc(Sc3ccccc3)c(C=O)cc2c1. The highest BCUT2D eigenvalue weighted by Gasteiger charge is 2.09. The van der Waals surface area contributed by atoms with Gasteiger partial charge in [0, 0.05) is 15.8 Å². The Morgan fingerprint density at radius 3 is 2.62 bits per heavy atom. The Labute approximate surface area is 127 Å². The van der Waals surface area contributed by atoms with E-state index in [1.807, 2.05) is 54.6 Å². The van der Waals surface area contributed by atoms with Gasteiger partial charge in [0.1, 0.15) is 10.8 Å². The van der Waals surface area contributed by atoms with Crippen LogP contribution in [0.3, 0.4) is 0 Å². The molecule has 2 aromatic carbocycles. The van der Waals surface area contributed by atoms with Gasteiger partial charge in [-0.1, -0.05) is 30.0 Å². The van der Waals surface area contributed by atoms with Gasteiger partial charge in [0.25, 0.3) is 0 Å². The van der Waals surface area contributed by atoms with Crippen LogP contribution >= 0.6 is 11.8 Å². The molecule has 0 fully saturated rings. The van der Waals surface area contributed by atoms with Gasteiger partial charge in [-0.15, -0.1) is 0 Å². The number of methoxy groups -OCH3 is 1. The topological polar surface area (TPSA) is 39.2 Å². The number of pyridine rings is 1. The molecule has 3 nitrogen and oxygen atoms in total. The summed E-state index contributed by atoms with van der Waals surface area (Å²) in [5, 5.41) is 1.61. The molecule has 4 heteroatoms. The van der Waals surface area contributed by atoms with Crippen LogP contribution in [-0.4, -0.2) is 18.4 Å². The maximum atomic E-state index is 11.3. The lowest BCUT2D eigenvalue weighted by Gasteiger charge is -2.07. The van der Waals surface area contributed by atoms with Crippen molar-refractivity contribution in [1.82, 2.24) is 4.98 Å². The summed E-state index contributed by atoms with van der Waals surface area (Å²) >= 11 is 1.49. The fourth-order valence-electron chi connectivity index (χ4n) is 2.05. The van der Waals surface area contributed by atoms with Crippen molar-refractivity contribution in [2.75, 3.05) is 7.11 Å². The molecular formula is C17H13NO2S. The number of ether oxygens (including phenoxy) is 1. The first-order valence-electron chi connectivity index (χ1n) is 6.47. The molecule has 104 valence electrons. The average molecular weight is 295 g/mol. The second kappa shape index (κ2) is 5.97. The Hall–Kier alpha value is -2.33. The highest BCUT2D eigenvalue weighted by Crippen LogP contribution is 2.31. The molecule has 0 spiro atoms. The molecule has 0 bridgehead atoms. The molecule has 0 amide bonds. The zero-order valence-corrected chi connectivity index (χ0v) is 12.3. The van der Waals surface area contributed by atoms with E-state index in [4.69, 9.17) is 4.74 Å². The summed E-state index contributed by atoms with van der Waals surface area (Å²) in [5.74, 6) is 0.754. The van der Waals surface area contributed by atoms with Crippen LogP contribution in [-0.2, 0) is 0 Å². The zero-order valence-electron chi connectivity index (χ0n) is 11.4. The minimum absolute atomic E-state index is 0.588. The summed E-state index contributed by atoms with van der Waals surface area (Å²) in [5.41, 5.74) is 1.43. The Morgan fingerprint density at radius 1 is 1.10 bits per heavy atom. The van der Waals surface area contributed by atoms with Gasteiger partial charge in [0.15, 0.2) is 6.29 Å². The molecule has 0 atom stereocenters. The molecular weight excluding hydrogens is 282 g/mol. The van der Waals surface area contributed by atoms with Crippen molar-refractivity contribution in [3.63, 3.8) is 0 Å². The number of rotatable bonds is 4. The zero-order chi connectivity index (χ0) is 14.7. The lowest BCUT2D eigenvalue weighted by Crippen LogP contribution is -1.92. The summed E-state index contributed by atoms with van der Waals surface area (Å²) in [7, 11) is 1.62. The van der Waals surface area contributed by atoms with Crippen LogP contribution in [0, 0.1) is 0 Å². The van der Waals surface area contributed by atoms with E-state index >= 15 is 0 Å². The third-order valence-electron chi connectivity index (χ3n) is 3.10. The number of aldehydes is 1. The molecule has 0 aliphatic heterocycles. The van der Waals surface area contributed by atoms with E-state index in [0.717, 1.165) is 27.8 Å². The van der Waals surface area contributed by atoms with E-state index < -0.39 is 0 Å². The minimum Gasteiger partial charge on any atom is -0.497 e. The van der Waals surface area contributed by atoms with E-state index in [9.17, 15) is 4.79 Å². The van der Waals surface area contributed by atoms with Crippen molar-refractivity contribution in [3.05, 3.63) is 60.2 Å². The number of benzene rings is 2. The number of carbonyl (C=O) groups excluding carboxylic acids is 1. The highest BCUT2D eigenvalue weighted by atomic mass is 32.2. The molecule has 21 heavy (non-hydrogen) atoms. The predicted octanol–water partition coefficient (Wildman–Crippen LogP) is 4.21. The smallest absolute Gasteiger partial charge is 0.152 e. The second-order valence-corrected chi connectivity index (χ2v) is 5.54. The van der Waals surface area contributed by atoms with Crippen molar-refractivity contribution in [2.24, 2.45) is 0 Å². The van der Waals surface area contributed by atoms with Crippen molar-refractivity contribution < 1.29 is 9.53 Å². The molecule has 0 aliphatic rings. The molecule has 0 saturated heterocycles. The van der Waals surface area contributed by atoms with Gasteiger partial charge in [0.2, 0.25) is 0 Å². The number of hydrogen-bond acceptors (Lipinski definition) is 4. The normalized spacial score (nSPS) is 10.5. The van der Waals surface area contributed by atoms with Gasteiger partial charge in [-0.25, -0.2) is 4.98 Å². The highest BCUT2D eigenvalue weighted by molar-refractivity contribution is 7.99. The van der Waals surface area contributed by atoms with Crippen molar-refractivity contribution in [3.8, 4) is 5.75 Å². The fourth-order valence-corrected chi connectivity index (χ4v) is 2.93. The number of aromatic nitrogens is 1. The summed E-state index contributed by atoms with van der Waals surface area (Å²) in [6.45, 7) is 0. The number of fused-ring (bicyclic) bond motifs is 1. The lowest BCUT2D eigenvalue weighted by atomic mass is 10.1. The van der Waals surface area contributed by atoms with E-state index in [-0.39, 0.29) is 0 Å². The van der Waals surface area contributed by atoms with Crippen molar-refractivity contribution >= 4 is 29.0 Å². The van der Waals surface area contributed by atoms with Gasteiger partial charge in [0.05, 0.1) is 12.6 Å². The predicted molar refractivity (Wildman–Crippen MR) is 84.2 cm³/mol. The van der Waals surface area contributed by atoms with Crippen molar-refractivity contribution in [2.45, 2.75) is 9.92 Å². The van der Waals surface area contributed by atoms with Crippen LogP contribution < -0.4 is 4.74 Å². The van der Waals surface area contributed by atoms with Crippen LogP contribution in [0.5, 0.6) is 5.75 Å². The van der Waals surface area contributed by atoms with E-state index in [0.29, 0.717) is 10.6 Å². The van der Waals surface area contributed by atoms with E-state index in [2.05, 4.69) is 4.98 Å². The third kappa shape index (κ3) is 2.90. The van der Waals surface area contributed by atoms with Crippen molar-refractivity contribution in [1.29, 1.82) is 0 Å². The van der Waals surface area contributed by atoms with Gasteiger partial charge in [-0.05, 0) is 36.4 Å². The van der Waals surface area contributed by atoms with Gasteiger partial charge in [-0.3, -0.25) is 4.79 Å². The van der Waals surface area contributed by atoms with Gasteiger partial charge >= 0.3 is 0 Å². The quantitative estimate of drug-likeness (QED) is 0.676. The van der Waals surface area contributed by atoms with Crippen LogP contribution in [0.4, 0.5) is 0 Å². The number of hydrogen-bond donors (Lipinski definition) is 0. The molecule has 0 saturated carbocycles. The molecule has 0 aliphatic carbocycles. The molecule has 1 heterocycles. The molecule has 0 radical (unpaired) electrons. The van der Waals surface area contributed by atoms with E-state index in [1.54, 1.807) is 7.11 Å². The Morgan fingerprint density at radius 2 is 1.90 bits per heavy atom. The first-order valence-corrected chi connectivity index (χ1v) is 7.28. The lowest BCUT2D eigenvalue weighted by molar-refractivity contribution is 0.112. The standard InChI is InChI=1S/C17H13NO2S/c1-20-14-7-8-16-12(10-14)9-13(11-19)17(18-16)21-15-5-3-2-4-6-15/h2-11H,1H3. The number of carbonyl (C=O) groups is 1. The van der Waals surface area contributed by atoms with Crippen LogP contribution in [0.15, 0.2) is 64.5 Å². The maximum Gasteiger partial charge on any atom is 0.152 e. The van der Waals surface area contributed by atoms with Crippen LogP contribution in [0.1, 0.15) is 10.4 Å². The summed E-state index contributed by atoms with van der Waals surface area (Å²) in [6.07, 6.45) is 0.844. The Balaban J connectivity index is 2.07. The third-order valence-corrected chi connectivity index (χ3v) is 4.13. The first-order chi connectivity index (χ1) is 10.3. The van der Waals surface area contributed by atoms with E-state index in [1.165, 1.54) is 11.8 Å². The van der Waals surface area contributed by atoms with Gasteiger partial charge in [-0.2, -0.15) is 0 Å². The summed E-state index contributed by atoms with van der Waals surface area (Å²) < 4.78 is 5.20. The number of nitrogens with zero attached hydrogens (tertiary/aromatic N) is 1. The molecule has 3 rings (SSSR count). The average Bonchev–Trinajstić information content (AvgIpc) is 2.54. The molecule has 1 aromatic heterocycles. The Kier molecular flexibility index (Phi) is 3.88. The molecule has 3 aromatic rings. The molecule has 0 N–H and O–H groups in total. The first kappa shape index (κ1) is 13.6. The fraction of sp³-hybridized carbons (Fsp3) is 0.0588. The largest absolute Gasteiger partial charge is 0.497 e. The second-order valence-electron chi connectivity index (χ2n) is 4.47.